The first-order valence-corrected chi connectivity index (χ1v) is 8.47. The first kappa shape index (κ1) is 21.9. The fraction of sp³-hybridized carbons (Fsp3) is 0.533. The van der Waals surface area contributed by atoms with E-state index in [1.165, 1.54) is 23.1 Å². The minimum atomic E-state index is -4.53. The lowest BCUT2D eigenvalue weighted by Crippen LogP contribution is -2.46. The molecule has 0 spiro atoms. The molecular formula is C15H20ClF3N2O3S. The van der Waals surface area contributed by atoms with Crippen molar-refractivity contribution < 1.29 is 27.8 Å². The van der Waals surface area contributed by atoms with Gasteiger partial charge in [0.15, 0.2) is 0 Å². The summed E-state index contributed by atoms with van der Waals surface area (Å²) in [6.45, 7) is -0.354. The number of hydrogen-bond donors (Lipinski definition) is 2. The van der Waals surface area contributed by atoms with E-state index < -0.39 is 17.8 Å². The molecular weight excluding hydrogens is 381 g/mol. The number of aliphatic hydroxyl groups is 1. The number of ether oxygens (including phenoxy) is 1. The number of carbonyl (C=O) groups excluding carboxylic acids is 1. The van der Waals surface area contributed by atoms with Crippen molar-refractivity contribution in [2.24, 2.45) is 0 Å². The Balaban J connectivity index is 0.00000312. The zero-order valence-corrected chi connectivity index (χ0v) is 15.1. The molecule has 1 aliphatic heterocycles. The fourth-order valence-corrected chi connectivity index (χ4v) is 3.22. The number of alkyl halides is 3. The molecule has 2 unspecified atom stereocenters. The minimum absolute atomic E-state index is 0. The van der Waals surface area contributed by atoms with Crippen molar-refractivity contribution in [1.29, 1.82) is 0 Å². The predicted octanol–water partition coefficient (Wildman–Crippen LogP) is 1.99. The molecule has 1 aromatic carbocycles. The standard InChI is InChI=1S/C15H19F3N2O3S.ClH/c1-20(14(22)12-8-24-9-19-12)6-10(21)7-23-13-5-3-2-4-11(13)15(16,17)18;/h2-5,10,12,19,21H,6-9H2,1H3;1H. The molecule has 0 radical (unpaired) electrons. The number of hydrogen-bond acceptors (Lipinski definition) is 5. The van der Waals surface area contributed by atoms with Crippen molar-refractivity contribution in [3.05, 3.63) is 29.8 Å². The first-order valence-electron chi connectivity index (χ1n) is 7.32. The van der Waals surface area contributed by atoms with E-state index in [0.29, 0.717) is 11.6 Å². The van der Waals surface area contributed by atoms with Gasteiger partial charge in [-0.05, 0) is 12.1 Å². The number of carbonyl (C=O) groups is 1. The normalized spacial score (nSPS) is 18.4. The maximum atomic E-state index is 12.9. The highest BCUT2D eigenvalue weighted by Crippen LogP contribution is 2.35. The van der Waals surface area contributed by atoms with Gasteiger partial charge in [0.05, 0.1) is 11.6 Å². The van der Waals surface area contributed by atoms with Crippen LogP contribution in [0.3, 0.4) is 0 Å². The molecule has 2 rings (SSSR count). The molecule has 142 valence electrons. The summed E-state index contributed by atoms with van der Waals surface area (Å²) in [6, 6.07) is 4.52. The third-order valence-electron chi connectivity index (χ3n) is 3.50. The molecule has 0 aliphatic carbocycles. The summed E-state index contributed by atoms with van der Waals surface area (Å²) >= 11 is 1.61. The molecule has 0 saturated carbocycles. The van der Waals surface area contributed by atoms with Crippen molar-refractivity contribution in [3.8, 4) is 5.75 Å². The SMILES string of the molecule is CN(CC(O)COc1ccccc1C(F)(F)F)C(=O)C1CSCN1.Cl. The average molecular weight is 401 g/mol. The van der Waals surface area contributed by atoms with Crippen LogP contribution >= 0.6 is 24.2 Å². The molecule has 1 fully saturated rings. The molecule has 0 aromatic heterocycles. The summed E-state index contributed by atoms with van der Waals surface area (Å²) < 4.78 is 43.7. The van der Waals surface area contributed by atoms with Crippen molar-refractivity contribution >= 4 is 30.1 Å². The summed E-state index contributed by atoms with van der Waals surface area (Å²) in [6.07, 6.45) is -5.62. The number of thioether (sulfide) groups is 1. The van der Waals surface area contributed by atoms with Gasteiger partial charge in [-0.1, -0.05) is 12.1 Å². The van der Waals surface area contributed by atoms with Crippen LogP contribution in [-0.4, -0.2) is 59.9 Å². The average Bonchev–Trinajstić information content (AvgIpc) is 3.06. The van der Waals surface area contributed by atoms with Gasteiger partial charge in [-0.15, -0.1) is 24.2 Å². The lowest BCUT2D eigenvalue weighted by Gasteiger charge is -2.24. The van der Waals surface area contributed by atoms with Gasteiger partial charge in [0.1, 0.15) is 18.5 Å². The van der Waals surface area contributed by atoms with Gasteiger partial charge >= 0.3 is 6.18 Å². The Morgan fingerprint density at radius 1 is 1.48 bits per heavy atom. The molecule has 1 aliphatic rings. The number of likely N-dealkylation sites (N-methyl/N-ethyl adjacent to an activating group) is 1. The van der Waals surface area contributed by atoms with Crippen LogP contribution in [0.15, 0.2) is 24.3 Å². The van der Waals surface area contributed by atoms with Gasteiger partial charge in [-0.3, -0.25) is 10.1 Å². The second kappa shape index (κ2) is 9.51. The summed E-state index contributed by atoms with van der Waals surface area (Å²) in [5.74, 6) is 0.861. The molecule has 1 saturated heterocycles. The lowest BCUT2D eigenvalue weighted by atomic mass is 10.2. The van der Waals surface area contributed by atoms with Crippen molar-refractivity contribution in [2.45, 2.75) is 18.3 Å². The topological polar surface area (TPSA) is 61.8 Å². The Morgan fingerprint density at radius 2 is 2.16 bits per heavy atom. The third-order valence-corrected chi connectivity index (χ3v) is 4.44. The van der Waals surface area contributed by atoms with E-state index in [1.807, 2.05) is 0 Å². The fourth-order valence-electron chi connectivity index (χ4n) is 2.29. The third kappa shape index (κ3) is 6.25. The highest BCUT2D eigenvalue weighted by molar-refractivity contribution is 7.99. The number of nitrogens with one attached hydrogen (secondary N) is 1. The van der Waals surface area contributed by atoms with E-state index in [9.17, 15) is 23.1 Å². The van der Waals surface area contributed by atoms with E-state index in [2.05, 4.69) is 5.32 Å². The molecule has 0 bridgehead atoms. The van der Waals surface area contributed by atoms with Crippen LogP contribution in [0, 0.1) is 0 Å². The molecule has 1 amide bonds. The number of aliphatic hydroxyl groups excluding tert-OH is 1. The number of para-hydroxylation sites is 1. The highest BCUT2D eigenvalue weighted by atomic mass is 35.5. The molecule has 2 N–H and O–H groups in total. The quantitative estimate of drug-likeness (QED) is 0.764. The molecule has 5 nitrogen and oxygen atoms in total. The van der Waals surface area contributed by atoms with Crippen LogP contribution in [0.4, 0.5) is 13.2 Å². The second-order valence-corrected chi connectivity index (χ2v) is 6.48. The zero-order valence-electron chi connectivity index (χ0n) is 13.5. The van der Waals surface area contributed by atoms with Crippen LogP contribution in [0.1, 0.15) is 5.56 Å². The Morgan fingerprint density at radius 3 is 2.76 bits per heavy atom. The van der Waals surface area contributed by atoms with Crippen molar-refractivity contribution in [1.82, 2.24) is 10.2 Å². The lowest BCUT2D eigenvalue weighted by molar-refractivity contribution is -0.139. The van der Waals surface area contributed by atoms with Gasteiger partial charge in [-0.2, -0.15) is 13.2 Å². The Hall–Kier alpha value is -1.16. The predicted molar refractivity (Wildman–Crippen MR) is 92.1 cm³/mol. The van der Waals surface area contributed by atoms with E-state index in [-0.39, 0.29) is 43.3 Å². The van der Waals surface area contributed by atoms with Crippen LogP contribution in [0.5, 0.6) is 5.75 Å². The van der Waals surface area contributed by atoms with E-state index in [1.54, 1.807) is 18.8 Å². The van der Waals surface area contributed by atoms with Crippen molar-refractivity contribution in [3.63, 3.8) is 0 Å². The number of amides is 1. The molecule has 1 heterocycles. The Labute approximate surface area is 154 Å². The second-order valence-electron chi connectivity index (χ2n) is 5.45. The van der Waals surface area contributed by atoms with E-state index in [4.69, 9.17) is 4.74 Å². The number of halogens is 4. The van der Waals surface area contributed by atoms with Crippen LogP contribution in [0.2, 0.25) is 0 Å². The smallest absolute Gasteiger partial charge is 0.419 e. The minimum Gasteiger partial charge on any atom is -0.490 e. The zero-order chi connectivity index (χ0) is 17.7. The van der Waals surface area contributed by atoms with E-state index in [0.717, 1.165) is 6.07 Å². The molecule has 1 aromatic rings. The maximum absolute atomic E-state index is 12.9. The number of benzene rings is 1. The van der Waals surface area contributed by atoms with Crippen LogP contribution in [-0.2, 0) is 11.0 Å². The molecule has 25 heavy (non-hydrogen) atoms. The van der Waals surface area contributed by atoms with Gasteiger partial charge in [-0.25, -0.2) is 0 Å². The van der Waals surface area contributed by atoms with Gasteiger partial charge in [0, 0.05) is 25.2 Å². The maximum Gasteiger partial charge on any atom is 0.419 e. The molecule has 2 atom stereocenters. The number of rotatable bonds is 6. The van der Waals surface area contributed by atoms with Gasteiger partial charge in [0.2, 0.25) is 5.91 Å². The first-order chi connectivity index (χ1) is 11.3. The largest absolute Gasteiger partial charge is 0.490 e. The van der Waals surface area contributed by atoms with Gasteiger partial charge in [0.25, 0.3) is 0 Å². The monoisotopic (exact) mass is 400 g/mol. The summed E-state index contributed by atoms with van der Waals surface area (Å²) in [5, 5.41) is 13.0. The summed E-state index contributed by atoms with van der Waals surface area (Å²) in [4.78, 5) is 13.4. The summed E-state index contributed by atoms with van der Waals surface area (Å²) in [5.41, 5.74) is -0.895. The number of nitrogens with zero attached hydrogens (tertiary/aromatic N) is 1. The van der Waals surface area contributed by atoms with E-state index >= 15 is 0 Å². The van der Waals surface area contributed by atoms with Crippen LogP contribution in [0.25, 0.3) is 0 Å². The van der Waals surface area contributed by atoms with Crippen LogP contribution < -0.4 is 10.1 Å². The summed E-state index contributed by atoms with van der Waals surface area (Å²) in [7, 11) is 1.54. The Kier molecular flexibility index (Phi) is 8.33. The highest BCUT2D eigenvalue weighted by Gasteiger charge is 2.34. The van der Waals surface area contributed by atoms with Gasteiger partial charge < -0.3 is 14.7 Å². The Bertz CT molecular complexity index is 571. The molecule has 10 heteroatoms. The van der Waals surface area contributed by atoms with Crippen molar-refractivity contribution in [2.75, 3.05) is 31.8 Å².